The van der Waals surface area contributed by atoms with Gasteiger partial charge in [0.15, 0.2) is 0 Å². The summed E-state index contributed by atoms with van der Waals surface area (Å²) < 4.78 is 2.38. The van der Waals surface area contributed by atoms with E-state index in [1.807, 2.05) is 24.3 Å². The van der Waals surface area contributed by atoms with Crippen molar-refractivity contribution >= 4 is 5.91 Å². The molecular weight excluding hydrogens is 356 g/mol. The molecule has 1 aliphatic heterocycles. The van der Waals surface area contributed by atoms with Crippen LogP contribution in [0.1, 0.15) is 47.7 Å². The van der Waals surface area contributed by atoms with Gasteiger partial charge >= 0.3 is 5.69 Å². The molecule has 1 amide bonds. The van der Waals surface area contributed by atoms with E-state index in [0.29, 0.717) is 18.7 Å². The monoisotopic (exact) mass is 378 g/mol. The van der Waals surface area contributed by atoms with E-state index in [4.69, 9.17) is 0 Å². The second kappa shape index (κ2) is 7.12. The van der Waals surface area contributed by atoms with Gasteiger partial charge in [-0.1, -0.05) is 24.3 Å². The lowest BCUT2D eigenvalue weighted by Crippen LogP contribution is -2.46. The Morgan fingerprint density at radius 1 is 1.25 bits per heavy atom. The third-order valence-corrected chi connectivity index (χ3v) is 5.93. The molecule has 2 aliphatic rings. The minimum atomic E-state index is -0.661. The normalized spacial score (nSPS) is 17.5. The quantitative estimate of drug-likeness (QED) is 0.807. The Kier molecular flexibility index (Phi) is 4.63. The highest BCUT2D eigenvalue weighted by atomic mass is 16.2. The maximum Gasteiger partial charge on any atom is 0.331 e. The Labute approximate surface area is 162 Å². The Morgan fingerprint density at radius 2 is 2.04 bits per heavy atom. The van der Waals surface area contributed by atoms with Crippen LogP contribution in [0, 0.1) is 11.3 Å². The molecule has 0 spiro atoms. The van der Waals surface area contributed by atoms with E-state index < -0.39 is 11.2 Å². The first-order chi connectivity index (χ1) is 13.5. The summed E-state index contributed by atoms with van der Waals surface area (Å²) in [6, 6.07) is 9.93. The number of carbonyl (C=O) groups excluding carboxylic acids is 1. The molecule has 2 aromatic rings. The fourth-order valence-electron chi connectivity index (χ4n) is 4.44. The van der Waals surface area contributed by atoms with Crippen LogP contribution < -0.4 is 11.2 Å². The Morgan fingerprint density at radius 3 is 2.82 bits per heavy atom. The SMILES string of the molecule is CN(C(=O)Cn1c(=O)c(C#N)c2n(c1=O)CCC2)[C@H]1CCCc2ccccc21. The summed E-state index contributed by atoms with van der Waals surface area (Å²) in [6.45, 7) is 0.130. The van der Waals surface area contributed by atoms with Gasteiger partial charge in [0, 0.05) is 19.3 Å². The van der Waals surface area contributed by atoms with Crippen LogP contribution in [0.5, 0.6) is 0 Å². The zero-order chi connectivity index (χ0) is 19.8. The molecule has 2 heterocycles. The fourth-order valence-corrected chi connectivity index (χ4v) is 4.44. The van der Waals surface area contributed by atoms with Crippen molar-refractivity contribution in [1.82, 2.24) is 14.0 Å². The highest BCUT2D eigenvalue weighted by molar-refractivity contribution is 5.76. The number of nitrogens with zero attached hydrogens (tertiary/aromatic N) is 4. The third kappa shape index (κ3) is 2.85. The van der Waals surface area contributed by atoms with Crippen LogP contribution in [0.2, 0.25) is 0 Å². The van der Waals surface area contributed by atoms with Gasteiger partial charge in [0.05, 0.1) is 6.04 Å². The standard InChI is InChI=1S/C21H22N4O3/c1-23(17-9-4-7-14-6-2-3-8-15(14)17)19(26)13-25-20(27)16(12-22)18-10-5-11-24(18)21(25)28/h2-3,6,8,17H,4-5,7,9-11,13H2,1H3/t17-/m0/s1. The van der Waals surface area contributed by atoms with Crippen molar-refractivity contribution in [3.05, 3.63) is 67.5 Å². The van der Waals surface area contributed by atoms with Gasteiger partial charge in [-0.25, -0.2) is 9.36 Å². The average Bonchev–Trinajstić information content (AvgIpc) is 3.20. The first kappa shape index (κ1) is 18.2. The van der Waals surface area contributed by atoms with E-state index in [1.54, 1.807) is 11.9 Å². The van der Waals surface area contributed by atoms with E-state index in [0.717, 1.165) is 35.8 Å². The molecule has 4 rings (SSSR count). The van der Waals surface area contributed by atoms with Crippen LogP contribution in [-0.2, 0) is 30.7 Å². The van der Waals surface area contributed by atoms with Gasteiger partial charge in [-0.15, -0.1) is 0 Å². The molecule has 1 atom stereocenters. The van der Waals surface area contributed by atoms with Crippen LogP contribution in [0.3, 0.4) is 0 Å². The third-order valence-electron chi connectivity index (χ3n) is 5.93. The van der Waals surface area contributed by atoms with Crippen molar-refractivity contribution < 1.29 is 4.79 Å². The summed E-state index contributed by atoms with van der Waals surface area (Å²) in [6.07, 6.45) is 4.09. The minimum absolute atomic E-state index is 0.0180. The number of rotatable bonds is 3. The number of likely N-dealkylation sites (N-methyl/N-ethyl adjacent to an activating group) is 1. The summed E-state index contributed by atoms with van der Waals surface area (Å²) in [4.78, 5) is 40.0. The summed E-state index contributed by atoms with van der Waals surface area (Å²) in [7, 11) is 1.72. The van der Waals surface area contributed by atoms with Crippen LogP contribution in [0.25, 0.3) is 0 Å². The molecule has 0 bridgehead atoms. The van der Waals surface area contributed by atoms with Crippen molar-refractivity contribution in [3.8, 4) is 6.07 Å². The van der Waals surface area contributed by atoms with Crippen molar-refractivity contribution in [2.24, 2.45) is 0 Å². The molecule has 0 N–H and O–H groups in total. The van der Waals surface area contributed by atoms with Gasteiger partial charge in [-0.2, -0.15) is 5.26 Å². The van der Waals surface area contributed by atoms with Crippen molar-refractivity contribution in [3.63, 3.8) is 0 Å². The van der Waals surface area contributed by atoms with Gasteiger partial charge in [-0.3, -0.25) is 14.2 Å². The topological polar surface area (TPSA) is 88.1 Å². The highest BCUT2D eigenvalue weighted by Crippen LogP contribution is 2.33. The molecule has 7 heteroatoms. The number of amides is 1. The average molecular weight is 378 g/mol. The van der Waals surface area contributed by atoms with Crippen molar-refractivity contribution in [1.29, 1.82) is 5.26 Å². The number of benzene rings is 1. The Balaban J connectivity index is 1.66. The van der Waals surface area contributed by atoms with E-state index in [1.165, 1.54) is 10.1 Å². The maximum atomic E-state index is 13.0. The van der Waals surface area contributed by atoms with E-state index >= 15 is 0 Å². The molecule has 28 heavy (non-hydrogen) atoms. The minimum Gasteiger partial charge on any atom is -0.337 e. The van der Waals surface area contributed by atoms with E-state index in [2.05, 4.69) is 6.07 Å². The van der Waals surface area contributed by atoms with Gasteiger partial charge in [-0.05, 0) is 43.2 Å². The lowest BCUT2D eigenvalue weighted by molar-refractivity contribution is -0.133. The summed E-state index contributed by atoms with van der Waals surface area (Å²) >= 11 is 0. The smallest absolute Gasteiger partial charge is 0.331 e. The summed E-state index contributed by atoms with van der Waals surface area (Å²) in [5, 5.41) is 9.38. The first-order valence-electron chi connectivity index (χ1n) is 9.63. The molecular formula is C21H22N4O3. The maximum absolute atomic E-state index is 13.0. The van der Waals surface area contributed by atoms with Crippen LogP contribution in [0.15, 0.2) is 33.9 Å². The van der Waals surface area contributed by atoms with Gasteiger partial charge < -0.3 is 4.90 Å². The molecule has 144 valence electrons. The zero-order valence-corrected chi connectivity index (χ0v) is 15.9. The molecule has 1 aromatic heterocycles. The fraction of sp³-hybridized carbons (Fsp3) is 0.429. The lowest BCUT2D eigenvalue weighted by atomic mass is 9.87. The second-order valence-electron chi connectivity index (χ2n) is 7.47. The Bertz CT molecular complexity index is 1110. The van der Waals surface area contributed by atoms with Crippen LogP contribution in [-0.4, -0.2) is 27.0 Å². The van der Waals surface area contributed by atoms with Gasteiger partial charge in [0.1, 0.15) is 18.2 Å². The van der Waals surface area contributed by atoms with Gasteiger partial charge in [0.25, 0.3) is 5.56 Å². The second-order valence-corrected chi connectivity index (χ2v) is 7.47. The molecule has 7 nitrogen and oxygen atoms in total. The predicted molar refractivity (Wildman–Crippen MR) is 103 cm³/mol. The Hall–Kier alpha value is -3.14. The molecule has 0 saturated heterocycles. The summed E-state index contributed by atoms with van der Waals surface area (Å²) in [5.74, 6) is -0.302. The van der Waals surface area contributed by atoms with Crippen LogP contribution >= 0.6 is 0 Å². The van der Waals surface area contributed by atoms with Crippen molar-refractivity contribution in [2.45, 2.75) is 51.2 Å². The highest BCUT2D eigenvalue weighted by Gasteiger charge is 2.28. The zero-order valence-electron chi connectivity index (χ0n) is 15.9. The molecule has 1 aliphatic carbocycles. The molecule has 0 saturated carbocycles. The number of hydrogen-bond acceptors (Lipinski definition) is 4. The van der Waals surface area contributed by atoms with Crippen LogP contribution in [0.4, 0.5) is 0 Å². The number of carbonyl (C=O) groups is 1. The largest absolute Gasteiger partial charge is 0.337 e. The molecule has 0 unspecified atom stereocenters. The van der Waals surface area contributed by atoms with E-state index in [9.17, 15) is 19.6 Å². The molecule has 0 radical (unpaired) electrons. The number of fused-ring (bicyclic) bond motifs is 2. The predicted octanol–water partition coefficient (Wildman–Crippen LogP) is 1.36. The number of aryl methyl sites for hydroxylation is 1. The van der Waals surface area contributed by atoms with Gasteiger partial charge in [0.2, 0.25) is 5.91 Å². The lowest BCUT2D eigenvalue weighted by Gasteiger charge is -2.33. The summed E-state index contributed by atoms with van der Waals surface area (Å²) in [5.41, 5.74) is 1.68. The molecule has 0 fully saturated rings. The van der Waals surface area contributed by atoms with E-state index in [-0.39, 0.29) is 24.1 Å². The first-order valence-corrected chi connectivity index (χ1v) is 9.63. The van der Waals surface area contributed by atoms with Crippen molar-refractivity contribution in [2.75, 3.05) is 7.05 Å². The number of aromatic nitrogens is 2. The molecule has 1 aromatic carbocycles. The number of hydrogen-bond donors (Lipinski definition) is 0. The number of nitriles is 1.